The number of carbonyl (C=O) groups is 2. The van der Waals surface area contributed by atoms with Crippen LogP contribution in [0, 0.1) is 11.7 Å². The van der Waals surface area contributed by atoms with Crippen LogP contribution in [0.15, 0.2) is 41.8 Å². The first kappa shape index (κ1) is 15.7. The first-order chi connectivity index (χ1) is 11.1. The highest BCUT2D eigenvalue weighted by Crippen LogP contribution is 2.35. The number of likely N-dealkylation sites (tertiary alicyclic amines) is 1. The number of ether oxygens (including phenoxy) is 1. The van der Waals surface area contributed by atoms with E-state index in [1.807, 2.05) is 5.38 Å². The van der Waals surface area contributed by atoms with E-state index in [0.717, 1.165) is 0 Å². The number of carbonyl (C=O) groups excluding carboxylic acids is 2. The molecule has 0 unspecified atom stereocenters. The molecule has 1 saturated heterocycles. The Bertz CT molecular complexity index is 716. The molecule has 0 bridgehead atoms. The zero-order valence-electron chi connectivity index (χ0n) is 12.6. The fourth-order valence-electron chi connectivity index (χ4n) is 3.01. The Morgan fingerprint density at radius 3 is 2.65 bits per heavy atom. The van der Waals surface area contributed by atoms with Crippen LogP contribution in [0.4, 0.5) is 4.39 Å². The van der Waals surface area contributed by atoms with Crippen LogP contribution in [0.25, 0.3) is 0 Å². The highest BCUT2D eigenvalue weighted by Gasteiger charge is 2.42. The molecule has 0 spiro atoms. The number of benzene rings is 1. The Morgan fingerprint density at radius 2 is 2.00 bits per heavy atom. The summed E-state index contributed by atoms with van der Waals surface area (Å²) >= 11 is 1.35. The van der Waals surface area contributed by atoms with Gasteiger partial charge in [-0.3, -0.25) is 9.59 Å². The predicted molar refractivity (Wildman–Crippen MR) is 84.9 cm³/mol. The smallest absolute Gasteiger partial charge is 0.311 e. The van der Waals surface area contributed by atoms with Crippen LogP contribution in [0.1, 0.15) is 21.2 Å². The average Bonchev–Trinajstić information content (AvgIpc) is 3.23. The third-order valence-electron chi connectivity index (χ3n) is 4.15. The minimum atomic E-state index is -0.555. The number of hydrogen-bond donors (Lipinski definition) is 0. The quantitative estimate of drug-likeness (QED) is 0.812. The zero-order chi connectivity index (χ0) is 16.4. The number of hydrogen-bond acceptors (Lipinski definition) is 4. The summed E-state index contributed by atoms with van der Waals surface area (Å²) in [6.07, 6.45) is 0. The van der Waals surface area contributed by atoms with Crippen LogP contribution in [0.2, 0.25) is 0 Å². The minimum absolute atomic E-state index is 0.132. The Balaban J connectivity index is 1.90. The normalized spacial score (nSPS) is 20.5. The summed E-state index contributed by atoms with van der Waals surface area (Å²) in [5.74, 6) is -1.86. The van der Waals surface area contributed by atoms with Crippen molar-refractivity contribution < 1.29 is 18.7 Å². The first-order valence-electron chi connectivity index (χ1n) is 7.27. The number of nitrogens with zero attached hydrogens (tertiary/aromatic N) is 1. The monoisotopic (exact) mass is 333 g/mol. The van der Waals surface area contributed by atoms with E-state index in [9.17, 15) is 14.0 Å². The lowest BCUT2D eigenvalue weighted by atomic mass is 9.88. The molecule has 120 valence electrons. The summed E-state index contributed by atoms with van der Waals surface area (Å²) in [6.45, 7) is 0.542. The summed E-state index contributed by atoms with van der Waals surface area (Å²) in [5.41, 5.74) is 0.448. The van der Waals surface area contributed by atoms with Crippen molar-refractivity contribution in [1.29, 1.82) is 0 Å². The molecule has 0 N–H and O–H groups in total. The first-order valence-corrected chi connectivity index (χ1v) is 8.15. The van der Waals surface area contributed by atoms with Crippen molar-refractivity contribution >= 4 is 23.2 Å². The van der Waals surface area contributed by atoms with Crippen molar-refractivity contribution in [2.24, 2.45) is 5.92 Å². The standard InChI is InChI=1S/C17H16FNO3S/c1-22-17(21)13-10-19(16(20)15-7-4-8-23-15)9-12(13)11-5-2-3-6-14(11)18/h2-8,12-13H,9-10H2,1H3/t12-,13+/m1/s1. The molecule has 4 nitrogen and oxygen atoms in total. The van der Waals surface area contributed by atoms with E-state index >= 15 is 0 Å². The van der Waals surface area contributed by atoms with Crippen LogP contribution in [-0.4, -0.2) is 37.0 Å². The summed E-state index contributed by atoms with van der Waals surface area (Å²) in [4.78, 5) is 26.8. The van der Waals surface area contributed by atoms with Gasteiger partial charge in [0.25, 0.3) is 5.91 Å². The molecule has 1 aromatic carbocycles. The van der Waals surface area contributed by atoms with Gasteiger partial charge >= 0.3 is 5.97 Å². The molecular formula is C17H16FNO3S. The fourth-order valence-corrected chi connectivity index (χ4v) is 3.70. The van der Waals surface area contributed by atoms with Gasteiger partial charge in [-0.1, -0.05) is 24.3 Å². The average molecular weight is 333 g/mol. The zero-order valence-corrected chi connectivity index (χ0v) is 13.4. The Hall–Kier alpha value is -2.21. The lowest BCUT2D eigenvalue weighted by molar-refractivity contribution is -0.145. The summed E-state index contributed by atoms with van der Waals surface area (Å²) in [6, 6.07) is 9.92. The van der Waals surface area contributed by atoms with E-state index in [4.69, 9.17) is 4.74 Å². The van der Waals surface area contributed by atoms with E-state index in [0.29, 0.717) is 17.0 Å². The summed E-state index contributed by atoms with van der Waals surface area (Å²) < 4.78 is 19.0. The molecule has 0 aliphatic carbocycles. The van der Waals surface area contributed by atoms with Gasteiger partial charge in [-0.25, -0.2) is 4.39 Å². The second kappa shape index (κ2) is 6.50. The van der Waals surface area contributed by atoms with Gasteiger partial charge in [0, 0.05) is 19.0 Å². The third-order valence-corrected chi connectivity index (χ3v) is 5.01. The SMILES string of the molecule is COC(=O)[C@H]1CN(C(=O)c2cccs2)C[C@@H]1c1ccccc1F. The molecule has 3 rings (SSSR count). The van der Waals surface area contributed by atoms with Gasteiger partial charge in [0.15, 0.2) is 0 Å². The van der Waals surface area contributed by atoms with Crippen LogP contribution >= 0.6 is 11.3 Å². The summed E-state index contributed by atoms with van der Waals surface area (Å²) in [7, 11) is 1.31. The van der Waals surface area contributed by atoms with Crippen LogP contribution in [-0.2, 0) is 9.53 Å². The van der Waals surface area contributed by atoms with Gasteiger partial charge in [-0.2, -0.15) is 0 Å². The van der Waals surface area contributed by atoms with Gasteiger partial charge in [-0.15, -0.1) is 11.3 Å². The van der Waals surface area contributed by atoms with Crippen LogP contribution in [0.3, 0.4) is 0 Å². The predicted octanol–water partition coefficient (Wildman–Crippen LogP) is 2.92. The van der Waals surface area contributed by atoms with E-state index in [1.54, 1.807) is 35.2 Å². The van der Waals surface area contributed by atoms with E-state index in [-0.39, 0.29) is 18.3 Å². The molecule has 0 saturated carbocycles. The molecule has 23 heavy (non-hydrogen) atoms. The molecule has 1 aromatic heterocycles. The van der Waals surface area contributed by atoms with Crippen molar-refractivity contribution in [2.75, 3.05) is 20.2 Å². The Morgan fingerprint density at radius 1 is 1.22 bits per heavy atom. The number of amides is 1. The second-order valence-electron chi connectivity index (χ2n) is 5.45. The van der Waals surface area contributed by atoms with Crippen molar-refractivity contribution in [3.8, 4) is 0 Å². The number of methoxy groups -OCH3 is 1. The number of halogens is 1. The molecule has 1 aliphatic heterocycles. The lowest BCUT2D eigenvalue weighted by Crippen LogP contribution is -2.29. The van der Waals surface area contributed by atoms with Gasteiger partial charge in [0.2, 0.25) is 0 Å². The van der Waals surface area contributed by atoms with Gasteiger partial charge < -0.3 is 9.64 Å². The molecule has 0 radical (unpaired) electrons. The van der Waals surface area contributed by atoms with Crippen molar-refractivity contribution in [1.82, 2.24) is 4.90 Å². The molecule has 2 atom stereocenters. The molecule has 1 amide bonds. The molecule has 6 heteroatoms. The van der Waals surface area contributed by atoms with Crippen molar-refractivity contribution in [2.45, 2.75) is 5.92 Å². The molecule has 1 fully saturated rings. The maximum absolute atomic E-state index is 14.1. The number of rotatable bonds is 3. The number of thiophene rings is 1. The third kappa shape index (κ3) is 2.99. The number of esters is 1. The van der Waals surface area contributed by atoms with Gasteiger partial charge in [-0.05, 0) is 23.1 Å². The fraction of sp³-hybridized carbons (Fsp3) is 0.294. The topological polar surface area (TPSA) is 46.6 Å². The maximum Gasteiger partial charge on any atom is 0.311 e. The Kier molecular flexibility index (Phi) is 4.43. The van der Waals surface area contributed by atoms with E-state index < -0.39 is 17.8 Å². The Labute approximate surface area is 137 Å². The second-order valence-corrected chi connectivity index (χ2v) is 6.39. The minimum Gasteiger partial charge on any atom is -0.469 e. The lowest BCUT2D eigenvalue weighted by Gasteiger charge is -2.17. The highest BCUT2D eigenvalue weighted by atomic mass is 32.1. The van der Waals surface area contributed by atoms with E-state index in [1.165, 1.54) is 24.5 Å². The van der Waals surface area contributed by atoms with Crippen molar-refractivity contribution in [3.05, 3.63) is 58.0 Å². The van der Waals surface area contributed by atoms with E-state index in [2.05, 4.69) is 0 Å². The molecule has 1 aliphatic rings. The van der Waals surface area contributed by atoms with Gasteiger partial charge in [0.1, 0.15) is 5.82 Å². The molecule has 2 heterocycles. The highest BCUT2D eigenvalue weighted by molar-refractivity contribution is 7.12. The van der Waals surface area contributed by atoms with Crippen molar-refractivity contribution in [3.63, 3.8) is 0 Å². The maximum atomic E-state index is 14.1. The molecule has 2 aromatic rings. The molecular weight excluding hydrogens is 317 g/mol. The van der Waals surface area contributed by atoms with Crippen LogP contribution in [0.5, 0.6) is 0 Å². The summed E-state index contributed by atoms with van der Waals surface area (Å²) in [5, 5.41) is 1.83. The largest absolute Gasteiger partial charge is 0.469 e. The van der Waals surface area contributed by atoms with Crippen LogP contribution < -0.4 is 0 Å². The van der Waals surface area contributed by atoms with Gasteiger partial charge in [0.05, 0.1) is 17.9 Å².